The van der Waals surface area contributed by atoms with E-state index in [0.717, 1.165) is 18.5 Å². The van der Waals surface area contributed by atoms with E-state index in [9.17, 15) is 0 Å². The summed E-state index contributed by atoms with van der Waals surface area (Å²) in [5, 5.41) is 0. The van der Waals surface area contributed by atoms with Crippen LogP contribution < -0.4 is 5.73 Å². The van der Waals surface area contributed by atoms with Gasteiger partial charge in [0.25, 0.3) is 0 Å². The molecule has 0 aromatic carbocycles. The molecule has 3 nitrogen and oxygen atoms in total. The molecule has 0 spiro atoms. The predicted octanol–water partition coefficient (Wildman–Crippen LogP) is -0.0289. The number of hydrogen-bond donors (Lipinski definition) is 1. The molecule has 2 aliphatic heterocycles. The lowest BCUT2D eigenvalue weighted by Gasteiger charge is -2.24. The third kappa shape index (κ3) is 1.87. The smallest absolute Gasteiger partial charge is 0.0149 e. The van der Waals surface area contributed by atoms with Crippen LogP contribution in [0.25, 0.3) is 0 Å². The molecule has 2 N–H and O–H groups in total. The molecule has 2 fully saturated rings. The Balaban J connectivity index is 1.99. The summed E-state index contributed by atoms with van der Waals surface area (Å²) in [6.45, 7) is 5.88. The van der Waals surface area contributed by atoms with Crippen LogP contribution in [0.5, 0.6) is 0 Å². The van der Waals surface area contributed by atoms with Crippen LogP contribution >= 0.6 is 0 Å². The number of hydrogen-bond acceptors (Lipinski definition) is 3. The molecule has 0 saturated carbocycles. The van der Waals surface area contributed by atoms with Gasteiger partial charge in [-0.25, -0.2) is 0 Å². The summed E-state index contributed by atoms with van der Waals surface area (Å²) in [7, 11) is 2.22. The van der Waals surface area contributed by atoms with E-state index in [1.165, 1.54) is 39.0 Å². The number of nitrogens with zero attached hydrogens (tertiary/aromatic N) is 2. The Morgan fingerprint density at radius 3 is 2.77 bits per heavy atom. The Hall–Kier alpha value is -0.120. The van der Waals surface area contributed by atoms with Crippen LogP contribution in [0.4, 0.5) is 0 Å². The first kappa shape index (κ1) is 9.44. The van der Waals surface area contributed by atoms with Crippen LogP contribution in [0.2, 0.25) is 0 Å². The van der Waals surface area contributed by atoms with E-state index in [1.807, 2.05) is 0 Å². The molecule has 2 heterocycles. The molecule has 76 valence electrons. The van der Waals surface area contributed by atoms with E-state index < -0.39 is 0 Å². The van der Waals surface area contributed by atoms with Gasteiger partial charge in [0.2, 0.25) is 0 Å². The molecule has 2 aliphatic rings. The fraction of sp³-hybridized carbons (Fsp3) is 1.00. The number of fused-ring (bicyclic) bond motifs is 1. The van der Waals surface area contributed by atoms with Crippen LogP contribution in [0.15, 0.2) is 0 Å². The standard InChI is InChI=1S/C10H21N3/c1-12-4-3-10-9(8-11)2-5-13(10)7-6-12/h9-10H,2-8,11H2,1H3. The third-order valence-electron chi connectivity index (χ3n) is 3.68. The second kappa shape index (κ2) is 3.95. The van der Waals surface area contributed by atoms with Crippen molar-refractivity contribution < 1.29 is 0 Å². The van der Waals surface area contributed by atoms with E-state index in [4.69, 9.17) is 5.73 Å². The molecule has 13 heavy (non-hydrogen) atoms. The van der Waals surface area contributed by atoms with Crippen LogP contribution in [0.3, 0.4) is 0 Å². The zero-order chi connectivity index (χ0) is 9.26. The number of likely N-dealkylation sites (N-methyl/N-ethyl adjacent to an activating group) is 1. The molecule has 2 saturated heterocycles. The number of nitrogens with two attached hydrogens (primary N) is 1. The van der Waals surface area contributed by atoms with Crippen LogP contribution in [0.1, 0.15) is 12.8 Å². The molecule has 0 aliphatic carbocycles. The van der Waals surface area contributed by atoms with Gasteiger partial charge in [-0.3, -0.25) is 4.90 Å². The second-order valence-electron chi connectivity index (χ2n) is 4.48. The van der Waals surface area contributed by atoms with Gasteiger partial charge >= 0.3 is 0 Å². The lowest BCUT2D eigenvalue weighted by molar-refractivity contribution is 0.237. The minimum Gasteiger partial charge on any atom is -0.330 e. The highest BCUT2D eigenvalue weighted by Gasteiger charge is 2.34. The average molecular weight is 183 g/mol. The van der Waals surface area contributed by atoms with Gasteiger partial charge in [-0.05, 0) is 45.4 Å². The Bertz CT molecular complexity index is 172. The van der Waals surface area contributed by atoms with Crippen molar-refractivity contribution in [2.45, 2.75) is 18.9 Å². The summed E-state index contributed by atoms with van der Waals surface area (Å²) in [4.78, 5) is 5.08. The minimum atomic E-state index is 0.770. The Kier molecular flexibility index (Phi) is 2.86. The monoisotopic (exact) mass is 183 g/mol. The van der Waals surface area contributed by atoms with Crippen molar-refractivity contribution in [1.29, 1.82) is 0 Å². The molecule has 0 radical (unpaired) electrons. The van der Waals surface area contributed by atoms with E-state index >= 15 is 0 Å². The van der Waals surface area contributed by atoms with Gasteiger partial charge in [-0.2, -0.15) is 0 Å². The highest BCUT2D eigenvalue weighted by atomic mass is 15.2. The fourth-order valence-corrected chi connectivity index (χ4v) is 2.72. The topological polar surface area (TPSA) is 32.5 Å². The average Bonchev–Trinajstić information content (AvgIpc) is 2.45. The van der Waals surface area contributed by atoms with Gasteiger partial charge in [0, 0.05) is 19.1 Å². The van der Waals surface area contributed by atoms with Crippen LogP contribution in [-0.4, -0.2) is 55.6 Å². The van der Waals surface area contributed by atoms with E-state index in [0.29, 0.717) is 0 Å². The molecular weight excluding hydrogens is 162 g/mol. The largest absolute Gasteiger partial charge is 0.330 e. The SMILES string of the molecule is CN1CCC2C(CN)CCN2CC1. The van der Waals surface area contributed by atoms with E-state index in [-0.39, 0.29) is 0 Å². The molecule has 0 bridgehead atoms. The predicted molar refractivity (Wildman–Crippen MR) is 54.6 cm³/mol. The maximum atomic E-state index is 5.79. The molecule has 0 aromatic rings. The summed E-state index contributed by atoms with van der Waals surface area (Å²) in [6, 6.07) is 0.787. The Morgan fingerprint density at radius 2 is 2.00 bits per heavy atom. The van der Waals surface area contributed by atoms with Gasteiger partial charge in [-0.1, -0.05) is 0 Å². The summed E-state index contributed by atoms with van der Waals surface area (Å²) in [5.41, 5.74) is 5.79. The van der Waals surface area contributed by atoms with Gasteiger partial charge in [0.15, 0.2) is 0 Å². The van der Waals surface area contributed by atoms with E-state index in [2.05, 4.69) is 16.8 Å². The van der Waals surface area contributed by atoms with Crippen molar-refractivity contribution in [2.24, 2.45) is 11.7 Å². The van der Waals surface area contributed by atoms with Gasteiger partial charge in [-0.15, -0.1) is 0 Å². The Labute approximate surface area is 80.9 Å². The van der Waals surface area contributed by atoms with E-state index in [1.54, 1.807) is 0 Å². The van der Waals surface area contributed by atoms with Crippen molar-refractivity contribution in [2.75, 3.05) is 39.8 Å². The Morgan fingerprint density at radius 1 is 1.15 bits per heavy atom. The third-order valence-corrected chi connectivity index (χ3v) is 3.68. The summed E-state index contributed by atoms with van der Waals surface area (Å²) >= 11 is 0. The fourth-order valence-electron chi connectivity index (χ4n) is 2.72. The molecule has 0 amide bonds. The lowest BCUT2D eigenvalue weighted by Crippen LogP contribution is -2.35. The zero-order valence-corrected chi connectivity index (χ0v) is 8.58. The maximum absolute atomic E-state index is 5.79. The number of rotatable bonds is 1. The summed E-state index contributed by atoms with van der Waals surface area (Å²) < 4.78 is 0. The van der Waals surface area contributed by atoms with Crippen LogP contribution in [0, 0.1) is 5.92 Å². The van der Waals surface area contributed by atoms with Gasteiger partial charge < -0.3 is 10.6 Å². The van der Waals surface area contributed by atoms with Gasteiger partial charge in [0.1, 0.15) is 0 Å². The second-order valence-corrected chi connectivity index (χ2v) is 4.48. The van der Waals surface area contributed by atoms with Gasteiger partial charge in [0.05, 0.1) is 0 Å². The molecular formula is C10H21N3. The minimum absolute atomic E-state index is 0.770. The maximum Gasteiger partial charge on any atom is 0.0149 e. The first-order chi connectivity index (χ1) is 6.31. The highest BCUT2D eigenvalue weighted by Crippen LogP contribution is 2.27. The van der Waals surface area contributed by atoms with Crippen molar-refractivity contribution in [3.8, 4) is 0 Å². The van der Waals surface area contributed by atoms with Crippen molar-refractivity contribution in [3.63, 3.8) is 0 Å². The molecule has 0 aromatic heterocycles. The van der Waals surface area contributed by atoms with Crippen molar-refractivity contribution in [3.05, 3.63) is 0 Å². The molecule has 2 atom stereocenters. The summed E-state index contributed by atoms with van der Waals surface area (Å²) in [5.74, 6) is 0.770. The van der Waals surface area contributed by atoms with Crippen molar-refractivity contribution in [1.82, 2.24) is 9.80 Å². The molecule has 2 rings (SSSR count). The molecule has 2 unspecified atom stereocenters. The van der Waals surface area contributed by atoms with Crippen LogP contribution in [-0.2, 0) is 0 Å². The first-order valence-corrected chi connectivity index (χ1v) is 5.44. The molecule has 3 heteroatoms. The zero-order valence-electron chi connectivity index (χ0n) is 8.58. The first-order valence-electron chi connectivity index (χ1n) is 5.44. The van der Waals surface area contributed by atoms with Crippen molar-refractivity contribution >= 4 is 0 Å². The quantitative estimate of drug-likeness (QED) is 0.620. The lowest BCUT2D eigenvalue weighted by atomic mass is 9.98. The highest BCUT2D eigenvalue weighted by molar-refractivity contribution is 4.89. The summed E-state index contributed by atoms with van der Waals surface area (Å²) in [6.07, 6.45) is 2.64. The normalized spacial score (nSPS) is 37.4.